The van der Waals surface area contributed by atoms with Crippen molar-refractivity contribution in [3.63, 3.8) is 0 Å². The summed E-state index contributed by atoms with van der Waals surface area (Å²) in [5.74, 6) is 0.749. The highest BCUT2D eigenvalue weighted by molar-refractivity contribution is 6.42. The quantitative estimate of drug-likeness (QED) is 0.596. The third-order valence-electron chi connectivity index (χ3n) is 4.01. The van der Waals surface area contributed by atoms with Gasteiger partial charge in [0.2, 0.25) is 0 Å². The summed E-state index contributed by atoms with van der Waals surface area (Å²) in [4.78, 5) is 12.4. The van der Waals surface area contributed by atoms with Crippen LogP contribution in [0.3, 0.4) is 0 Å². The predicted molar refractivity (Wildman–Crippen MR) is 113 cm³/mol. The molecular formula is C21H21Cl2N3O2. The van der Waals surface area contributed by atoms with Crippen molar-refractivity contribution in [2.24, 2.45) is 0 Å². The summed E-state index contributed by atoms with van der Waals surface area (Å²) < 4.78 is 7.23. The molecule has 0 aliphatic carbocycles. The Morgan fingerprint density at radius 3 is 2.43 bits per heavy atom. The molecule has 3 rings (SSSR count). The van der Waals surface area contributed by atoms with E-state index in [1.165, 1.54) is 0 Å². The maximum Gasteiger partial charge on any atom is 0.263 e. The van der Waals surface area contributed by atoms with E-state index >= 15 is 0 Å². The van der Waals surface area contributed by atoms with E-state index in [1.807, 2.05) is 36.4 Å². The zero-order valence-electron chi connectivity index (χ0n) is 15.9. The normalized spacial score (nSPS) is 11.3. The molecule has 0 bridgehead atoms. The zero-order chi connectivity index (χ0) is 20.3. The largest absolute Gasteiger partial charge is 0.484 e. The first-order chi connectivity index (χ1) is 13.2. The van der Waals surface area contributed by atoms with Crippen LogP contribution in [0.4, 0.5) is 5.82 Å². The number of carbonyl (C=O) groups excluding carboxylic acids is 1. The van der Waals surface area contributed by atoms with Gasteiger partial charge in [-0.25, -0.2) is 4.68 Å². The maximum absolute atomic E-state index is 12.4. The summed E-state index contributed by atoms with van der Waals surface area (Å²) in [6.07, 6.45) is 0. The average molecular weight is 418 g/mol. The number of para-hydroxylation sites is 1. The van der Waals surface area contributed by atoms with Crippen molar-refractivity contribution in [3.8, 4) is 11.4 Å². The minimum atomic E-state index is -0.302. The Morgan fingerprint density at radius 2 is 1.79 bits per heavy atom. The molecule has 5 nitrogen and oxygen atoms in total. The third kappa shape index (κ3) is 4.86. The third-order valence-corrected chi connectivity index (χ3v) is 4.75. The van der Waals surface area contributed by atoms with E-state index in [1.54, 1.807) is 22.9 Å². The first-order valence-electron chi connectivity index (χ1n) is 8.78. The lowest BCUT2D eigenvalue weighted by Crippen LogP contribution is -2.21. The van der Waals surface area contributed by atoms with Crippen molar-refractivity contribution in [1.29, 1.82) is 0 Å². The Hall–Kier alpha value is -2.50. The lowest BCUT2D eigenvalue weighted by molar-refractivity contribution is -0.118. The average Bonchev–Trinajstić information content (AvgIpc) is 3.07. The van der Waals surface area contributed by atoms with Gasteiger partial charge in [0.1, 0.15) is 11.6 Å². The fraction of sp³-hybridized carbons (Fsp3) is 0.238. The Morgan fingerprint density at radius 1 is 1.07 bits per heavy atom. The van der Waals surface area contributed by atoms with Crippen LogP contribution >= 0.6 is 23.2 Å². The van der Waals surface area contributed by atoms with Crippen LogP contribution in [0.25, 0.3) is 5.69 Å². The van der Waals surface area contributed by atoms with Crippen molar-refractivity contribution >= 4 is 34.9 Å². The van der Waals surface area contributed by atoms with E-state index in [9.17, 15) is 4.79 Å². The summed E-state index contributed by atoms with van der Waals surface area (Å²) in [7, 11) is 0. The second-order valence-corrected chi connectivity index (χ2v) is 8.14. The topological polar surface area (TPSA) is 56.1 Å². The number of anilines is 1. The summed E-state index contributed by atoms with van der Waals surface area (Å²) in [5.41, 5.74) is 1.58. The summed E-state index contributed by atoms with van der Waals surface area (Å²) >= 11 is 11.9. The molecule has 1 N–H and O–H groups in total. The van der Waals surface area contributed by atoms with Crippen LogP contribution < -0.4 is 10.1 Å². The molecular weight excluding hydrogens is 397 g/mol. The number of aromatic nitrogens is 2. The number of ether oxygens (including phenoxy) is 1. The molecule has 0 saturated carbocycles. The smallest absolute Gasteiger partial charge is 0.263 e. The van der Waals surface area contributed by atoms with Crippen LogP contribution in [-0.2, 0) is 10.2 Å². The number of benzene rings is 2. The summed E-state index contributed by atoms with van der Waals surface area (Å²) in [5, 5.41) is 8.35. The van der Waals surface area contributed by atoms with Crippen LogP contribution in [0.2, 0.25) is 10.0 Å². The van der Waals surface area contributed by atoms with E-state index in [-0.39, 0.29) is 17.9 Å². The fourth-order valence-electron chi connectivity index (χ4n) is 2.50. The monoisotopic (exact) mass is 417 g/mol. The van der Waals surface area contributed by atoms with Crippen molar-refractivity contribution in [2.45, 2.75) is 26.2 Å². The van der Waals surface area contributed by atoms with E-state index in [0.29, 0.717) is 21.6 Å². The molecule has 0 atom stereocenters. The van der Waals surface area contributed by atoms with Gasteiger partial charge in [-0.05, 0) is 24.3 Å². The number of halogens is 2. The minimum absolute atomic E-state index is 0.157. The molecule has 0 fully saturated rings. The molecule has 2 aromatic carbocycles. The van der Waals surface area contributed by atoms with Crippen molar-refractivity contribution in [2.75, 3.05) is 11.9 Å². The van der Waals surface area contributed by atoms with Gasteiger partial charge in [0.15, 0.2) is 6.61 Å². The van der Waals surface area contributed by atoms with Gasteiger partial charge in [0.25, 0.3) is 5.91 Å². The van der Waals surface area contributed by atoms with Crippen molar-refractivity contribution < 1.29 is 9.53 Å². The van der Waals surface area contributed by atoms with E-state index in [0.717, 1.165) is 11.4 Å². The number of carbonyl (C=O) groups is 1. The molecule has 28 heavy (non-hydrogen) atoms. The number of amides is 1. The van der Waals surface area contributed by atoms with Gasteiger partial charge in [-0.15, -0.1) is 0 Å². The van der Waals surface area contributed by atoms with Crippen LogP contribution in [0.5, 0.6) is 5.75 Å². The predicted octanol–water partition coefficient (Wildman–Crippen LogP) is 5.49. The molecule has 3 aromatic rings. The van der Waals surface area contributed by atoms with Gasteiger partial charge in [-0.2, -0.15) is 5.10 Å². The van der Waals surface area contributed by atoms with Crippen LogP contribution in [0, 0.1) is 0 Å². The Bertz CT molecular complexity index is 979. The Labute approximate surface area is 174 Å². The Kier molecular flexibility index (Phi) is 5.96. The van der Waals surface area contributed by atoms with Crippen LogP contribution in [-0.4, -0.2) is 22.3 Å². The number of hydrogen-bond donors (Lipinski definition) is 1. The molecule has 1 aromatic heterocycles. The SMILES string of the molecule is CC(C)(C)c1cc(NC(=O)COc2ccc(Cl)c(Cl)c2)n(-c2ccccc2)n1. The van der Waals surface area contributed by atoms with Crippen molar-refractivity contribution in [3.05, 3.63) is 70.3 Å². The maximum atomic E-state index is 12.4. The number of nitrogens with zero attached hydrogens (tertiary/aromatic N) is 2. The van der Waals surface area contributed by atoms with Crippen LogP contribution in [0.1, 0.15) is 26.5 Å². The van der Waals surface area contributed by atoms with E-state index < -0.39 is 0 Å². The minimum Gasteiger partial charge on any atom is -0.484 e. The molecule has 1 amide bonds. The molecule has 146 valence electrons. The molecule has 1 heterocycles. The number of hydrogen-bond acceptors (Lipinski definition) is 3. The van der Waals surface area contributed by atoms with Gasteiger partial charge in [0.05, 0.1) is 21.4 Å². The molecule has 0 radical (unpaired) electrons. The first-order valence-corrected chi connectivity index (χ1v) is 9.53. The van der Waals surface area contributed by atoms with Crippen molar-refractivity contribution in [1.82, 2.24) is 9.78 Å². The second kappa shape index (κ2) is 8.25. The van der Waals surface area contributed by atoms with Gasteiger partial charge in [-0.1, -0.05) is 62.2 Å². The summed E-state index contributed by atoms with van der Waals surface area (Å²) in [6.45, 7) is 6.06. The van der Waals surface area contributed by atoms with E-state index in [2.05, 4.69) is 31.2 Å². The highest BCUT2D eigenvalue weighted by atomic mass is 35.5. The molecule has 0 aliphatic heterocycles. The molecule has 0 aliphatic rings. The highest BCUT2D eigenvalue weighted by Gasteiger charge is 2.21. The second-order valence-electron chi connectivity index (χ2n) is 7.32. The first kappa shape index (κ1) is 20.2. The molecule has 0 saturated heterocycles. The van der Waals surface area contributed by atoms with Gasteiger partial charge in [-0.3, -0.25) is 4.79 Å². The lowest BCUT2D eigenvalue weighted by atomic mass is 9.92. The van der Waals surface area contributed by atoms with Gasteiger partial charge in [0, 0.05) is 17.5 Å². The van der Waals surface area contributed by atoms with Gasteiger partial charge < -0.3 is 10.1 Å². The zero-order valence-corrected chi connectivity index (χ0v) is 17.4. The fourth-order valence-corrected chi connectivity index (χ4v) is 2.79. The Balaban J connectivity index is 1.77. The number of nitrogens with one attached hydrogen (secondary N) is 1. The highest BCUT2D eigenvalue weighted by Crippen LogP contribution is 2.27. The molecule has 0 spiro atoms. The number of rotatable bonds is 5. The standard InChI is InChI=1S/C21H21Cl2N3O2/c1-21(2,3)18-12-19(26(25-18)14-7-5-4-6-8-14)24-20(27)13-28-15-9-10-16(22)17(23)11-15/h4-12H,13H2,1-3H3,(H,24,27). The lowest BCUT2D eigenvalue weighted by Gasteiger charge is -2.14. The summed E-state index contributed by atoms with van der Waals surface area (Å²) in [6, 6.07) is 16.4. The molecule has 0 unspecified atom stereocenters. The molecule has 7 heteroatoms. The van der Waals surface area contributed by atoms with Gasteiger partial charge >= 0.3 is 0 Å². The van der Waals surface area contributed by atoms with Crippen LogP contribution in [0.15, 0.2) is 54.6 Å². The van der Waals surface area contributed by atoms with E-state index in [4.69, 9.17) is 27.9 Å².